The molecular weight excluding hydrogens is 222 g/mol. The van der Waals surface area contributed by atoms with Gasteiger partial charge < -0.3 is 4.57 Å². The Balaban J connectivity index is 2.05. The lowest BCUT2D eigenvalue weighted by atomic mass is 10.2. The van der Waals surface area contributed by atoms with Gasteiger partial charge in [-0.05, 0) is 24.4 Å². The molecule has 0 bridgehead atoms. The van der Waals surface area contributed by atoms with E-state index < -0.39 is 0 Å². The molecule has 1 atom stereocenters. The van der Waals surface area contributed by atoms with Gasteiger partial charge >= 0.3 is 0 Å². The van der Waals surface area contributed by atoms with Crippen LogP contribution in [0.25, 0.3) is 0 Å². The molecule has 17 heavy (non-hydrogen) atoms. The summed E-state index contributed by atoms with van der Waals surface area (Å²) >= 11 is 0. The highest BCUT2D eigenvalue weighted by Gasteiger charge is 2.25. The molecule has 1 aliphatic rings. The second-order valence-corrected chi connectivity index (χ2v) is 7.22. The normalized spacial score (nSPS) is 19.5. The highest BCUT2D eigenvalue weighted by molar-refractivity contribution is 6.50. The van der Waals surface area contributed by atoms with Crippen LogP contribution in [-0.4, -0.2) is 26.3 Å². The highest BCUT2D eigenvalue weighted by Crippen LogP contribution is 2.25. The van der Waals surface area contributed by atoms with E-state index in [4.69, 9.17) is 0 Å². The maximum Gasteiger partial charge on any atom is 0.127 e. The van der Waals surface area contributed by atoms with E-state index in [0.717, 1.165) is 12.1 Å². The van der Waals surface area contributed by atoms with Crippen LogP contribution in [0.15, 0.2) is 30.3 Å². The van der Waals surface area contributed by atoms with Crippen LogP contribution < -0.4 is 5.19 Å². The number of benzene rings is 1. The van der Waals surface area contributed by atoms with Gasteiger partial charge in [-0.2, -0.15) is 0 Å². The van der Waals surface area contributed by atoms with Crippen LogP contribution in [0.5, 0.6) is 0 Å². The van der Waals surface area contributed by atoms with Crippen molar-refractivity contribution in [2.75, 3.05) is 0 Å². The van der Waals surface area contributed by atoms with Gasteiger partial charge in [0.15, 0.2) is 0 Å². The average molecular weight is 247 g/mol. The zero-order chi connectivity index (χ0) is 12.1. The van der Waals surface area contributed by atoms with Crippen molar-refractivity contribution in [1.82, 2.24) is 4.57 Å². The molecular formula is C15H25NSi. The lowest BCUT2D eigenvalue weighted by molar-refractivity contribution is 0.265. The van der Waals surface area contributed by atoms with Crippen molar-refractivity contribution in [2.24, 2.45) is 0 Å². The quantitative estimate of drug-likeness (QED) is 0.723. The fourth-order valence-electron chi connectivity index (χ4n) is 2.91. The van der Waals surface area contributed by atoms with E-state index in [2.05, 4.69) is 48.7 Å². The monoisotopic (exact) mass is 247 g/mol. The Kier molecular flexibility index (Phi) is 4.81. The predicted molar refractivity (Wildman–Crippen MR) is 78.5 cm³/mol. The number of rotatable bonds is 5. The van der Waals surface area contributed by atoms with Gasteiger partial charge in [-0.1, -0.05) is 57.0 Å². The highest BCUT2D eigenvalue weighted by atomic mass is 28.2. The lowest BCUT2D eigenvalue weighted by Gasteiger charge is -2.34. The summed E-state index contributed by atoms with van der Waals surface area (Å²) in [6.45, 7) is 4.74. The molecule has 2 rings (SSSR count). The maximum atomic E-state index is 2.86. The summed E-state index contributed by atoms with van der Waals surface area (Å²) in [5.74, 6) is 0. The van der Waals surface area contributed by atoms with E-state index in [9.17, 15) is 0 Å². The molecule has 0 N–H and O–H groups in total. The fraction of sp³-hybridized carbons (Fsp3) is 0.600. The molecule has 1 unspecified atom stereocenters. The van der Waals surface area contributed by atoms with E-state index in [0.29, 0.717) is 0 Å². The average Bonchev–Trinajstić information content (AvgIpc) is 2.90. The maximum absolute atomic E-state index is 2.86. The topological polar surface area (TPSA) is 3.24 Å². The second-order valence-electron chi connectivity index (χ2n) is 5.35. The summed E-state index contributed by atoms with van der Waals surface area (Å²) in [6.07, 6.45) is 7.05. The first-order valence-electron chi connectivity index (χ1n) is 7.11. The van der Waals surface area contributed by atoms with Crippen molar-refractivity contribution >= 4 is 14.9 Å². The number of nitrogens with zero attached hydrogens (tertiary/aromatic N) is 1. The second kappa shape index (κ2) is 6.36. The third kappa shape index (κ3) is 3.43. The third-order valence-electron chi connectivity index (χ3n) is 4.16. The first-order valence-corrected chi connectivity index (χ1v) is 8.45. The SMILES string of the molecule is CCC(C)N([SiH2]c1ccccc1)C1CCCC1. The minimum atomic E-state index is -0.252. The first kappa shape index (κ1) is 12.8. The molecule has 1 fully saturated rings. The van der Waals surface area contributed by atoms with E-state index in [1.807, 2.05) is 0 Å². The molecule has 0 amide bonds. The van der Waals surface area contributed by atoms with Gasteiger partial charge in [-0.3, -0.25) is 0 Å². The van der Waals surface area contributed by atoms with Gasteiger partial charge in [-0.15, -0.1) is 0 Å². The van der Waals surface area contributed by atoms with E-state index in [-0.39, 0.29) is 9.68 Å². The molecule has 0 spiro atoms. The van der Waals surface area contributed by atoms with Gasteiger partial charge in [0.25, 0.3) is 0 Å². The summed E-state index contributed by atoms with van der Waals surface area (Å²) < 4.78 is 2.86. The molecule has 1 aromatic rings. The van der Waals surface area contributed by atoms with Crippen LogP contribution in [0.2, 0.25) is 0 Å². The molecule has 1 aromatic carbocycles. The smallest absolute Gasteiger partial charge is 0.127 e. The molecule has 1 nitrogen and oxygen atoms in total. The molecule has 94 valence electrons. The Morgan fingerprint density at radius 1 is 1.24 bits per heavy atom. The van der Waals surface area contributed by atoms with Crippen LogP contribution in [0.1, 0.15) is 46.0 Å². The Labute approximate surface area is 108 Å². The van der Waals surface area contributed by atoms with Crippen LogP contribution in [0, 0.1) is 0 Å². The molecule has 0 saturated heterocycles. The van der Waals surface area contributed by atoms with Gasteiger partial charge in [0.05, 0.1) is 0 Å². The summed E-state index contributed by atoms with van der Waals surface area (Å²) in [5.41, 5.74) is 0. The van der Waals surface area contributed by atoms with Crippen molar-refractivity contribution in [2.45, 2.75) is 58.0 Å². The zero-order valence-electron chi connectivity index (χ0n) is 11.2. The minimum absolute atomic E-state index is 0.252. The van der Waals surface area contributed by atoms with Crippen LogP contribution in [0.4, 0.5) is 0 Å². The zero-order valence-corrected chi connectivity index (χ0v) is 12.6. The number of hydrogen-bond donors (Lipinski definition) is 0. The van der Waals surface area contributed by atoms with Crippen molar-refractivity contribution in [3.8, 4) is 0 Å². The summed E-state index contributed by atoms with van der Waals surface area (Å²) in [7, 11) is -0.252. The van der Waals surface area contributed by atoms with E-state index in [1.165, 1.54) is 32.1 Å². The molecule has 2 heteroatoms. The minimum Gasteiger partial charge on any atom is -0.320 e. The number of hydrogen-bond acceptors (Lipinski definition) is 1. The molecule has 0 radical (unpaired) electrons. The van der Waals surface area contributed by atoms with Crippen LogP contribution in [-0.2, 0) is 0 Å². The fourth-order valence-corrected chi connectivity index (χ4v) is 5.01. The Bertz CT molecular complexity index is 319. The molecule has 1 aliphatic carbocycles. The van der Waals surface area contributed by atoms with Crippen molar-refractivity contribution in [3.63, 3.8) is 0 Å². The van der Waals surface area contributed by atoms with Gasteiger partial charge in [-0.25, -0.2) is 0 Å². The van der Waals surface area contributed by atoms with E-state index >= 15 is 0 Å². The summed E-state index contributed by atoms with van der Waals surface area (Å²) in [6, 6.07) is 12.8. The van der Waals surface area contributed by atoms with E-state index in [1.54, 1.807) is 5.19 Å². The van der Waals surface area contributed by atoms with Crippen molar-refractivity contribution < 1.29 is 0 Å². The summed E-state index contributed by atoms with van der Waals surface area (Å²) in [4.78, 5) is 0. The third-order valence-corrected chi connectivity index (χ3v) is 6.50. The Morgan fingerprint density at radius 2 is 1.88 bits per heavy atom. The molecule has 0 aliphatic heterocycles. The van der Waals surface area contributed by atoms with Gasteiger partial charge in [0.2, 0.25) is 0 Å². The molecule has 1 saturated carbocycles. The van der Waals surface area contributed by atoms with Gasteiger partial charge in [0, 0.05) is 12.1 Å². The lowest BCUT2D eigenvalue weighted by Crippen LogP contribution is -2.47. The Morgan fingerprint density at radius 3 is 2.47 bits per heavy atom. The van der Waals surface area contributed by atoms with Crippen molar-refractivity contribution in [1.29, 1.82) is 0 Å². The largest absolute Gasteiger partial charge is 0.320 e. The Hall–Kier alpha value is -0.603. The standard InChI is InChI=1S/C15H25NSi/c1-3-13(2)16(14-9-7-8-10-14)17-15-11-5-4-6-12-15/h4-6,11-14H,3,7-10,17H2,1-2H3. The van der Waals surface area contributed by atoms with Crippen LogP contribution in [0.3, 0.4) is 0 Å². The predicted octanol–water partition coefficient (Wildman–Crippen LogP) is 2.44. The first-order chi connectivity index (χ1) is 8.31. The molecule has 0 heterocycles. The van der Waals surface area contributed by atoms with Crippen molar-refractivity contribution in [3.05, 3.63) is 30.3 Å². The van der Waals surface area contributed by atoms with Crippen LogP contribution >= 0.6 is 0 Å². The summed E-state index contributed by atoms with van der Waals surface area (Å²) in [5, 5.41) is 1.60. The molecule has 0 aromatic heterocycles. The van der Waals surface area contributed by atoms with Gasteiger partial charge in [0.1, 0.15) is 9.68 Å².